The van der Waals surface area contributed by atoms with Crippen molar-refractivity contribution in [3.8, 4) is 0 Å². The molecule has 0 amide bonds. The Kier molecular flexibility index (Phi) is 7.11. The number of hydrogen-bond acceptors (Lipinski definition) is 5. The Hall–Kier alpha value is -0.200. The molecule has 0 bridgehead atoms. The van der Waals surface area contributed by atoms with Crippen LogP contribution in [-0.2, 0) is 13.0 Å². The molecule has 1 saturated heterocycles. The third-order valence-electron chi connectivity index (χ3n) is 3.20. The van der Waals surface area contributed by atoms with Gasteiger partial charge in [-0.1, -0.05) is 6.92 Å². The van der Waals surface area contributed by atoms with E-state index in [9.17, 15) is 0 Å². The van der Waals surface area contributed by atoms with Crippen molar-refractivity contribution < 1.29 is 0 Å². The van der Waals surface area contributed by atoms with Gasteiger partial charge in [0.2, 0.25) is 0 Å². The van der Waals surface area contributed by atoms with Gasteiger partial charge in [0.1, 0.15) is 0 Å². The van der Waals surface area contributed by atoms with Crippen LogP contribution in [0, 0.1) is 0 Å². The Morgan fingerprint density at radius 3 is 2.50 bits per heavy atom. The van der Waals surface area contributed by atoms with Gasteiger partial charge in [-0.25, -0.2) is 4.98 Å². The van der Waals surface area contributed by atoms with E-state index >= 15 is 0 Å². The molecule has 0 unspecified atom stereocenters. The molecular formula is C12H23ClN4S. The minimum atomic E-state index is 0. The molecule has 0 radical (unpaired) electrons. The lowest BCUT2D eigenvalue weighted by Gasteiger charge is -2.34. The number of thiazole rings is 1. The fourth-order valence-electron chi connectivity index (χ4n) is 2.17. The van der Waals surface area contributed by atoms with Gasteiger partial charge < -0.3 is 5.73 Å². The zero-order valence-corrected chi connectivity index (χ0v) is 12.6. The molecule has 1 fully saturated rings. The lowest BCUT2D eigenvalue weighted by atomic mass is 10.3. The van der Waals surface area contributed by atoms with Gasteiger partial charge in [0, 0.05) is 51.2 Å². The number of aromatic nitrogens is 1. The van der Waals surface area contributed by atoms with E-state index in [2.05, 4.69) is 27.1 Å². The molecule has 2 rings (SSSR count). The smallest absolute Gasteiger partial charge is 0.0926 e. The van der Waals surface area contributed by atoms with Crippen LogP contribution in [-0.4, -0.2) is 54.1 Å². The molecular weight excluding hydrogens is 268 g/mol. The van der Waals surface area contributed by atoms with E-state index in [-0.39, 0.29) is 12.4 Å². The van der Waals surface area contributed by atoms with Crippen molar-refractivity contribution in [3.63, 3.8) is 0 Å². The maximum atomic E-state index is 5.57. The number of halogens is 1. The van der Waals surface area contributed by atoms with E-state index in [1.54, 1.807) is 11.3 Å². The molecule has 6 heteroatoms. The lowest BCUT2D eigenvalue weighted by molar-refractivity contribution is 0.129. The maximum absolute atomic E-state index is 5.57. The maximum Gasteiger partial charge on any atom is 0.0926 e. The van der Waals surface area contributed by atoms with Crippen molar-refractivity contribution in [1.29, 1.82) is 0 Å². The molecule has 0 saturated carbocycles. The van der Waals surface area contributed by atoms with Crippen LogP contribution in [0.4, 0.5) is 0 Å². The van der Waals surface area contributed by atoms with Gasteiger partial charge in [-0.15, -0.1) is 23.7 Å². The van der Waals surface area contributed by atoms with Crippen LogP contribution < -0.4 is 5.73 Å². The zero-order chi connectivity index (χ0) is 12.1. The van der Waals surface area contributed by atoms with Crippen molar-refractivity contribution in [3.05, 3.63) is 16.1 Å². The first-order valence-corrected chi connectivity index (χ1v) is 7.28. The highest BCUT2D eigenvalue weighted by Crippen LogP contribution is 2.13. The second kappa shape index (κ2) is 8.07. The number of nitrogens with two attached hydrogens (primary N) is 1. The standard InChI is InChI=1S/C12H22N4S.ClH/c1-2-12-14-11(10-17-12)9-16-7-5-15(4-3-13)6-8-16;/h10H,2-9,13H2,1H3;1H. The Labute approximate surface area is 120 Å². The summed E-state index contributed by atoms with van der Waals surface area (Å²) in [7, 11) is 0. The van der Waals surface area contributed by atoms with Crippen LogP contribution >= 0.6 is 23.7 Å². The second-order valence-electron chi connectivity index (χ2n) is 4.49. The first kappa shape index (κ1) is 15.9. The van der Waals surface area contributed by atoms with E-state index in [1.165, 1.54) is 10.7 Å². The highest BCUT2D eigenvalue weighted by molar-refractivity contribution is 7.09. The zero-order valence-electron chi connectivity index (χ0n) is 11.0. The number of aryl methyl sites for hydroxylation is 1. The fourth-order valence-corrected chi connectivity index (χ4v) is 2.90. The summed E-state index contributed by atoms with van der Waals surface area (Å²) < 4.78 is 0. The summed E-state index contributed by atoms with van der Waals surface area (Å²) in [5, 5.41) is 3.45. The highest BCUT2D eigenvalue weighted by atomic mass is 35.5. The Morgan fingerprint density at radius 1 is 1.28 bits per heavy atom. The van der Waals surface area contributed by atoms with E-state index in [4.69, 9.17) is 5.73 Å². The summed E-state index contributed by atoms with van der Waals surface area (Å²) in [6.45, 7) is 9.53. The minimum Gasteiger partial charge on any atom is -0.329 e. The van der Waals surface area contributed by atoms with Crippen molar-refractivity contribution in [2.75, 3.05) is 39.3 Å². The average Bonchev–Trinajstić information content (AvgIpc) is 2.80. The SMILES string of the molecule is CCc1nc(CN2CCN(CCN)CC2)cs1.Cl. The molecule has 18 heavy (non-hydrogen) atoms. The molecule has 0 atom stereocenters. The molecule has 0 aliphatic carbocycles. The normalized spacial score (nSPS) is 17.7. The topological polar surface area (TPSA) is 45.4 Å². The van der Waals surface area contributed by atoms with Crippen molar-refractivity contribution in [1.82, 2.24) is 14.8 Å². The van der Waals surface area contributed by atoms with Gasteiger partial charge in [-0.05, 0) is 6.42 Å². The van der Waals surface area contributed by atoms with Gasteiger partial charge in [0.25, 0.3) is 0 Å². The average molecular weight is 291 g/mol. The van der Waals surface area contributed by atoms with Gasteiger partial charge in [0.15, 0.2) is 0 Å². The van der Waals surface area contributed by atoms with E-state index in [0.717, 1.165) is 52.2 Å². The minimum absolute atomic E-state index is 0. The predicted molar refractivity (Wildman–Crippen MR) is 79.5 cm³/mol. The van der Waals surface area contributed by atoms with Crippen LogP contribution in [0.15, 0.2) is 5.38 Å². The predicted octanol–water partition coefficient (Wildman–Crippen LogP) is 1.20. The molecule has 0 aromatic carbocycles. The third kappa shape index (κ3) is 4.48. The van der Waals surface area contributed by atoms with E-state index in [1.807, 2.05) is 0 Å². The molecule has 104 valence electrons. The molecule has 0 spiro atoms. The fraction of sp³-hybridized carbons (Fsp3) is 0.750. The van der Waals surface area contributed by atoms with Gasteiger partial charge in [-0.3, -0.25) is 9.80 Å². The second-order valence-corrected chi connectivity index (χ2v) is 5.44. The Bertz CT molecular complexity index is 337. The van der Waals surface area contributed by atoms with Gasteiger partial charge in [0.05, 0.1) is 10.7 Å². The van der Waals surface area contributed by atoms with Crippen LogP contribution in [0.2, 0.25) is 0 Å². The molecule has 2 heterocycles. The third-order valence-corrected chi connectivity index (χ3v) is 4.24. The number of rotatable bonds is 5. The molecule has 1 aromatic heterocycles. The van der Waals surface area contributed by atoms with Crippen molar-refractivity contribution in [2.45, 2.75) is 19.9 Å². The number of piperazine rings is 1. The summed E-state index contributed by atoms with van der Waals surface area (Å²) >= 11 is 1.78. The molecule has 1 aliphatic rings. The van der Waals surface area contributed by atoms with Gasteiger partial charge >= 0.3 is 0 Å². The summed E-state index contributed by atoms with van der Waals surface area (Å²) in [6.07, 6.45) is 1.05. The first-order chi connectivity index (χ1) is 8.31. The summed E-state index contributed by atoms with van der Waals surface area (Å²) in [5.41, 5.74) is 6.81. The molecule has 2 N–H and O–H groups in total. The highest BCUT2D eigenvalue weighted by Gasteiger charge is 2.16. The van der Waals surface area contributed by atoms with Crippen LogP contribution in [0.1, 0.15) is 17.6 Å². The van der Waals surface area contributed by atoms with Crippen LogP contribution in [0.3, 0.4) is 0 Å². The van der Waals surface area contributed by atoms with Crippen LogP contribution in [0.25, 0.3) is 0 Å². The van der Waals surface area contributed by atoms with Crippen molar-refractivity contribution in [2.24, 2.45) is 5.73 Å². The monoisotopic (exact) mass is 290 g/mol. The van der Waals surface area contributed by atoms with Crippen molar-refractivity contribution >= 4 is 23.7 Å². The van der Waals surface area contributed by atoms with E-state index in [0.29, 0.717) is 0 Å². The summed E-state index contributed by atoms with van der Waals surface area (Å²) in [5.74, 6) is 0. The lowest BCUT2D eigenvalue weighted by Crippen LogP contribution is -2.47. The molecule has 4 nitrogen and oxygen atoms in total. The van der Waals surface area contributed by atoms with Gasteiger partial charge in [-0.2, -0.15) is 0 Å². The molecule has 1 aromatic rings. The number of nitrogens with zero attached hydrogens (tertiary/aromatic N) is 3. The Morgan fingerprint density at radius 2 is 1.94 bits per heavy atom. The first-order valence-electron chi connectivity index (χ1n) is 6.40. The van der Waals surface area contributed by atoms with E-state index < -0.39 is 0 Å². The van der Waals surface area contributed by atoms with Crippen LogP contribution in [0.5, 0.6) is 0 Å². The quantitative estimate of drug-likeness (QED) is 0.885. The molecule has 1 aliphatic heterocycles. The number of hydrogen-bond donors (Lipinski definition) is 1. The summed E-state index contributed by atoms with van der Waals surface area (Å²) in [6, 6.07) is 0. The largest absolute Gasteiger partial charge is 0.329 e. The Balaban J connectivity index is 0.00000162. The summed E-state index contributed by atoms with van der Waals surface area (Å²) in [4.78, 5) is 9.55.